The summed E-state index contributed by atoms with van der Waals surface area (Å²) in [6.07, 6.45) is 0.955. The molecule has 1 amide bonds. The predicted octanol–water partition coefficient (Wildman–Crippen LogP) is 2.00. The van der Waals surface area contributed by atoms with Crippen molar-refractivity contribution in [3.8, 4) is 0 Å². The SMILES string of the molecule is CCOC(=O)CN(C(=O)CCc1cccc(N)c1)C(C)C. The summed E-state index contributed by atoms with van der Waals surface area (Å²) in [5.74, 6) is -0.427. The van der Waals surface area contributed by atoms with Crippen LogP contribution in [0, 0.1) is 0 Å². The van der Waals surface area contributed by atoms with Gasteiger partial charge in [0.1, 0.15) is 6.54 Å². The van der Waals surface area contributed by atoms with Crippen LogP contribution in [0.2, 0.25) is 0 Å². The molecule has 0 aromatic heterocycles. The van der Waals surface area contributed by atoms with Crippen molar-refractivity contribution in [2.24, 2.45) is 0 Å². The van der Waals surface area contributed by atoms with Crippen molar-refractivity contribution in [3.63, 3.8) is 0 Å². The highest BCUT2D eigenvalue weighted by Crippen LogP contribution is 2.11. The molecule has 0 fully saturated rings. The molecule has 0 saturated carbocycles. The van der Waals surface area contributed by atoms with E-state index in [1.54, 1.807) is 11.8 Å². The fourth-order valence-electron chi connectivity index (χ4n) is 2.05. The average molecular weight is 292 g/mol. The number of nitrogens with zero attached hydrogens (tertiary/aromatic N) is 1. The van der Waals surface area contributed by atoms with Crippen LogP contribution in [0.3, 0.4) is 0 Å². The van der Waals surface area contributed by atoms with E-state index in [2.05, 4.69) is 0 Å². The summed E-state index contributed by atoms with van der Waals surface area (Å²) < 4.78 is 4.90. The van der Waals surface area contributed by atoms with Gasteiger partial charge in [-0.3, -0.25) is 9.59 Å². The van der Waals surface area contributed by atoms with Gasteiger partial charge in [-0.1, -0.05) is 12.1 Å². The number of nitrogens with two attached hydrogens (primary N) is 1. The van der Waals surface area contributed by atoms with Gasteiger partial charge in [0.25, 0.3) is 0 Å². The Labute approximate surface area is 126 Å². The summed E-state index contributed by atoms with van der Waals surface area (Å²) in [4.78, 5) is 25.4. The Balaban J connectivity index is 2.59. The van der Waals surface area contributed by atoms with Crippen molar-refractivity contribution in [3.05, 3.63) is 29.8 Å². The normalized spacial score (nSPS) is 10.5. The number of carbonyl (C=O) groups is 2. The van der Waals surface area contributed by atoms with Gasteiger partial charge in [-0.05, 0) is 44.9 Å². The fraction of sp³-hybridized carbons (Fsp3) is 0.500. The molecule has 0 aliphatic heterocycles. The third-order valence-corrected chi connectivity index (χ3v) is 3.13. The maximum absolute atomic E-state index is 12.3. The number of aryl methyl sites for hydroxylation is 1. The Morgan fingerprint density at radius 3 is 2.62 bits per heavy atom. The van der Waals surface area contributed by atoms with E-state index in [9.17, 15) is 9.59 Å². The summed E-state index contributed by atoms with van der Waals surface area (Å²) in [7, 11) is 0. The summed E-state index contributed by atoms with van der Waals surface area (Å²) in [6, 6.07) is 7.44. The van der Waals surface area contributed by atoms with Crippen LogP contribution in [0.1, 0.15) is 32.8 Å². The van der Waals surface area contributed by atoms with E-state index in [1.165, 1.54) is 0 Å². The molecular weight excluding hydrogens is 268 g/mol. The van der Waals surface area contributed by atoms with E-state index >= 15 is 0 Å². The van der Waals surface area contributed by atoms with Crippen LogP contribution in [-0.2, 0) is 20.7 Å². The van der Waals surface area contributed by atoms with Crippen LogP contribution in [-0.4, -0.2) is 36.0 Å². The molecule has 0 heterocycles. The largest absolute Gasteiger partial charge is 0.465 e. The lowest BCUT2D eigenvalue weighted by Crippen LogP contribution is -2.41. The van der Waals surface area contributed by atoms with E-state index in [1.807, 2.05) is 38.1 Å². The Hall–Kier alpha value is -2.04. The topological polar surface area (TPSA) is 72.6 Å². The molecule has 0 aliphatic carbocycles. The molecule has 1 aromatic rings. The van der Waals surface area contributed by atoms with Crippen LogP contribution in [0.25, 0.3) is 0 Å². The lowest BCUT2D eigenvalue weighted by Gasteiger charge is -2.25. The van der Waals surface area contributed by atoms with E-state index in [4.69, 9.17) is 10.5 Å². The Bertz CT molecular complexity index is 486. The first-order chi connectivity index (χ1) is 9.93. The number of nitrogen functional groups attached to an aromatic ring is 1. The number of esters is 1. The van der Waals surface area contributed by atoms with Crippen LogP contribution in [0.15, 0.2) is 24.3 Å². The molecule has 5 nitrogen and oxygen atoms in total. The van der Waals surface area contributed by atoms with E-state index in [0.29, 0.717) is 25.1 Å². The van der Waals surface area contributed by atoms with Gasteiger partial charge < -0.3 is 15.4 Å². The highest BCUT2D eigenvalue weighted by Gasteiger charge is 2.20. The molecule has 0 spiro atoms. The van der Waals surface area contributed by atoms with E-state index < -0.39 is 0 Å². The van der Waals surface area contributed by atoms with Crippen LogP contribution < -0.4 is 5.73 Å². The predicted molar refractivity (Wildman–Crippen MR) is 82.7 cm³/mol. The first-order valence-electron chi connectivity index (χ1n) is 7.23. The molecule has 116 valence electrons. The van der Waals surface area contributed by atoms with Crippen molar-refractivity contribution in [2.45, 2.75) is 39.7 Å². The Morgan fingerprint density at radius 2 is 2.05 bits per heavy atom. The molecule has 0 saturated heterocycles. The molecule has 5 heteroatoms. The van der Waals surface area contributed by atoms with Crippen LogP contribution >= 0.6 is 0 Å². The zero-order valence-electron chi connectivity index (χ0n) is 13.0. The minimum Gasteiger partial charge on any atom is -0.465 e. The van der Waals surface area contributed by atoms with E-state index in [-0.39, 0.29) is 24.5 Å². The Kier molecular flexibility index (Phi) is 6.72. The maximum Gasteiger partial charge on any atom is 0.325 e. The van der Waals surface area contributed by atoms with Gasteiger partial charge >= 0.3 is 5.97 Å². The number of amides is 1. The maximum atomic E-state index is 12.3. The first-order valence-corrected chi connectivity index (χ1v) is 7.23. The number of rotatable bonds is 7. The standard InChI is InChI=1S/C16H24N2O3/c1-4-21-16(20)11-18(12(2)3)15(19)9-8-13-6-5-7-14(17)10-13/h5-7,10,12H,4,8-9,11,17H2,1-3H3. The number of anilines is 1. The quantitative estimate of drug-likeness (QED) is 0.616. The first kappa shape index (κ1) is 17.0. The fourth-order valence-corrected chi connectivity index (χ4v) is 2.05. The lowest BCUT2D eigenvalue weighted by atomic mass is 10.1. The second kappa shape index (κ2) is 8.29. The van der Waals surface area contributed by atoms with Crippen LogP contribution in [0.5, 0.6) is 0 Å². The van der Waals surface area contributed by atoms with Gasteiger partial charge in [0.15, 0.2) is 0 Å². The molecule has 0 aliphatic rings. The van der Waals surface area contributed by atoms with Crippen molar-refractivity contribution < 1.29 is 14.3 Å². The number of hydrogen-bond acceptors (Lipinski definition) is 4. The van der Waals surface area contributed by atoms with Gasteiger partial charge in [0.2, 0.25) is 5.91 Å². The number of carbonyl (C=O) groups excluding carboxylic acids is 2. The van der Waals surface area contributed by atoms with E-state index in [0.717, 1.165) is 5.56 Å². The molecule has 0 atom stereocenters. The second-order valence-corrected chi connectivity index (χ2v) is 5.17. The zero-order valence-corrected chi connectivity index (χ0v) is 13.0. The van der Waals surface area contributed by atoms with Gasteiger partial charge in [0.05, 0.1) is 6.61 Å². The molecule has 0 radical (unpaired) electrons. The number of benzene rings is 1. The van der Waals surface area contributed by atoms with Crippen molar-refractivity contribution in [1.29, 1.82) is 0 Å². The monoisotopic (exact) mass is 292 g/mol. The minimum atomic E-state index is -0.372. The Morgan fingerprint density at radius 1 is 1.33 bits per heavy atom. The van der Waals surface area contributed by atoms with Gasteiger partial charge in [-0.2, -0.15) is 0 Å². The third-order valence-electron chi connectivity index (χ3n) is 3.13. The van der Waals surface area contributed by atoms with Crippen LogP contribution in [0.4, 0.5) is 5.69 Å². The molecule has 0 bridgehead atoms. The number of hydrogen-bond donors (Lipinski definition) is 1. The second-order valence-electron chi connectivity index (χ2n) is 5.17. The zero-order chi connectivity index (χ0) is 15.8. The van der Waals surface area contributed by atoms with Crippen molar-refractivity contribution in [1.82, 2.24) is 4.90 Å². The van der Waals surface area contributed by atoms with Crippen molar-refractivity contribution >= 4 is 17.6 Å². The average Bonchev–Trinajstić information content (AvgIpc) is 2.42. The van der Waals surface area contributed by atoms with Gasteiger partial charge in [-0.15, -0.1) is 0 Å². The molecule has 0 unspecified atom stereocenters. The van der Waals surface area contributed by atoms with Crippen molar-refractivity contribution in [2.75, 3.05) is 18.9 Å². The van der Waals surface area contributed by atoms with Gasteiger partial charge in [-0.25, -0.2) is 0 Å². The molecule has 1 rings (SSSR count). The lowest BCUT2D eigenvalue weighted by molar-refractivity contribution is -0.150. The highest BCUT2D eigenvalue weighted by atomic mass is 16.5. The molecule has 21 heavy (non-hydrogen) atoms. The summed E-state index contributed by atoms with van der Waals surface area (Å²) in [5.41, 5.74) is 7.42. The molecule has 1 aromatic carbocycles. The van der Waals surface area contributed by atoms with Gasteiger partial charge in [0, 0.05) is 18.2 Å². The molecular formula is C16H24N2O3. The number of ether oxygens (including phenoxy) is 1. The minimum absolute atomic E-state index is 0.00126. The smallest absolute Gasteiger partial charge is 0.325 e. The summed E-state index contributed by atoms with van der Waals surface area (Å²) in [5, 5.41) is 0. The third kappa shape index (κ3) is 5.85. The summed E-state index contributed by atoms with van der Waals surface area (Å²) in [6.45, 7) is 5.85. The highest BCUT2D eigenvalue weighted by molar-refractivity contribution is 5.82. The molecule has 2 N–H and O–H groups in total. The summed E-state index contributed by atoms with van der Waals surface area (Å²) >= 11 is 0.